The molecule has 3 heterocycles. The molecule has 1 saturated carbocycles. The highest BCUT2D eigenvalue weighted by Crippen LogP contribution is 2.40. The van der Waals surface area contributed by atoms with Crippen LogP contribution in [0.5, 0.6) is 0 Å². The topological polar surface area (TPSA) is 72.3 Å². The summed E-state index contributed by atoms with van der Waals surface area (Å²) in [5, 5.41) is 13.6. The van der Waals surface area contributed by atoms with Gasteiger partial charge >= 0.3 is 0 Å². The lowest BCUT2D eigenvalue weighted by Gasteiger charge is -2.36. The monoisotopic (exact) mass is 418 g/mol. The number of hydrogen-bond donors (Lipinski definition) is 0. The van der Waals surface area contributed by atoms with E-state index in [0.717, 1.165) is 33.5 Å². The van der Waals surface area contributed by atoms with E-state index in [4.69, 9.17) is 0 Å². The number of pyridine rings is 1. The largest absolute Gasteiger partial charge is 0.331 e. The Balaban J connectivity index is 1.56. The summed E-state index contributed by atoms with van der Waals surface area (Å²) in [6, 6.07) is 11.4. The van der Waals surface area contributed by atoms with Gasteiger partial charge in [-0.2, -0.15) is 10.4 Å². The number of aryl methyl sites for hydroxylation is 2. The molecular weight excluding hydrogens is 398 g/mol. The van der Waals surface area contributed by atoms with Crippen LogP contribution in [-0.2, 0) is 13.6 Å². The summed E-state index contributed by atoms with van der Waals surface area (Å²) in [6.07, 6.45) is 2.14. The minimum atomic E-state index is -1.55. The first-order chi connectivity index (χ1) is 14.8. The number of imidazole rings is 1. The van der Waals surface area contributed by atoms with Crippen molar-refractivity contribution in [1.29, 1.82) is 5.26 Å². The molecule has 0 aliphatic heterocycles. The fraction of sp³-hybridized carbons (Fsp3) is 0.304. The fourth-order valence-electron chi connectivity index (χ4n) is 4.18. The Morgan fingerprint density at radius 2 is 2.00 bits per heavy atom. The first-order valence-corrected chi connectivity index (χ1v) is 10.1. The summed E-state index contributed by atoms with van der Waals surface area (Å²) >= 11 is 0. The van der Waals surface area contributed by atoms with E-state index < -0.39 is 11.8 Å². The van der Waals surface area contributed by atoms with Crippen molar-refractivity contribution < 1.29 is 8.78 Å². The van der Waals surface area contributed by atoms with Crippen LogP contribution in [-0.4, -0.2) is 36.2 Å². The summed E-state index contributed by atoms with van der Waals surface area (Å²) in [6.45, 7) is 1.96. The highest BCUT2D eigenvalue weighted by Gasteiger charge is 2.45. The van der Waals surface area contributed by atoms with Gasteiger partial charge in [-0.3, -0.25) is 4.68 Å². The molecule has 0 N–H and O–H groups in total. The second kappa shape index (κ2) is 6.98. The van der Waals surface area contributed by atoms with Crippen LogP contribution in [0.1, 0.15) is 24.4 Å². The van der Waals surface area contributed by atoms with E-state index in [1.807, 2.05) is 42.8 Å². The second-order valence-corrected chi connectivity index (χ2v) is 8.21. The lowest BCUT2D eigenvalue weighted by atomic mass is 9.80. The molecule has 0 spiro atoms. The molecule has 1 aromatic carbocycles. The van der Waals surface area contributed by atoms with Gasteiger partial charge in [0.05, 0.1) is 29.5 Å². The van der Waals surface area contributed by atoms with Gasteiger partial charge in [0.15, 0.2) is 0 Å². The molecule has 156 valence electrons. The molecule has 0 bridgehead atoms. The summed E-state index contributed by atoms with van der Waals surface area (Å²) in [7, 11) is 1.96. The fourth-order valence-corrected chi connectivity index (χ4v) is 4.18. The van der Waals surface area contributed by atoms with E-state index >= 15 is 0 Å². The highest BCUT2D eigenvalue weighted by atomic mass is 19.2. The second-order valence-electron chi connectivity index (χ2n) is 8.21. The normalized spacial score (nSPS) is 20.5. The number of nitrogens with zero attached hydrogens (tertiary/aromatic N) is 6. The molecule has 1 aliphatic rings. The van der Waals surface area contributed by atoms with Crippen molar-refractivity contribution >= 4 is 11.0 Å². The van der Waals surface area contributed by atoms with Crippen molar-refractivity contribution in [1.82, 2.24) is 24.3 Å². The van der Waals surface area contributed by atoms with E-state index in [9.17, 15) is 14.0 Å². The van der Waals surface area contributed by atoms with Crippen LogP contribution >= 0.6 is 0 Å². The average molecular weight is 418 g/mol. The number of nitriles is 1. The Bertz CT molecular complexity index is 1340. The van der Waals surface area contributed by atoms with Crippen molar-refractivity contribution in [3.8, 4) is 28.5 Å². The van der Waals surface area contributed by atoms with Gasteiger partial charge < -0.3 is 4.57 Å². The van der Waals surface area contributed by atoms with Crippen LogP contribution in [0.25, 0.3) is 33.4 Å². The first-order valence-electron chi connectivity index (χ1n) is 10.1. The third-order valence-corrected chi connectivity index (χ3v) is 5.95. The quantitative estimate of drug-likeness (QED) is 0.489. The van der Waals surface area contributed by atoms with Gasteiger partial charge in [0.25, 0.3) is 0 Å². The first kappa shape index (κ1) is 19.4. The number of rotatable bonds is 4. The van der Waals surface area contributed by atoms with E-state index in [1.54, 1.807) is 18.5 Å². The molecule has 6 nitrogen and oxygen atoms in total. The van der Waals surface area contributed by atoms with Gasteiger partial charge in [0, 0.05) is 42.8 Å². The Morgan fingerprint density at radius 3 is 2.74 bits per heavy atom. The van der Waals surface area contributed by atoms with Crippen LogP contribution in [0.15, 0.2) is 42.7 Å². The molecule has 0 saturated heterocycles. The molecular formula is C23H20F2N6. The van der Waals surface area contributed by atoms with Crippen molar-refractivity contribution in [3.05, 3.63) is 54.2 Å². The third-order valence-electron chi connectivity index (χ3n) is 5.95. The highest BCUT2D eigenvalue weighted by molar-refractivity contribution is 5.87. The smallest absolute Gasteiger partial charge is 0.141 e. The zero-order chi connectivity index (χ0) is 21.8. The predicted molar refractivity (Wildman–Crippen MR) is 113 cm³/mol. The van der Waals surface area contributed by atoms with Crippen LogP contribution in [0, 0.1) is 18.3 Å². The number of aromatic nitrogens is 5. The van der Waals surface area contributed by atoms with Gasteiger partial charge in [0.2, 0.25) is 0 Å². The SMILES string of the molecule is Cc1nc2cc(-c3nc(C#N)ccc3-c3cnn(CC4(F)CC(F)C4)c3)ccc2n1C. The van der Waals surface area contributed by atoms with Crippen LogP contribution < -0.4 is 0 Å². The third kappa shape index (κ3) is 3.36. The van der Waals surface area contributed by atoms with Gasteiger partial charge in [-0.15, -0.1) is 0 Å². The van der Waals surface area contributed by atoms with E-state index in [0.29, 0.717) is 11.4 Å². The lowest BCUT2D eigenvalue weighted by molar-refractivity contribution is -0.0272. The molecule has 3 aromatic heterocycles. The Kier molecular flexibility index (Phi) is 4.36. The van der Waals surface area contributed by atoms with Crippen molar-refractivity contribution in [2.75, 3.05) is 0 Å². The number of benzene rings is 1. The van der Waals surface area contributed by atoms with Crippen molar-refractivity contribution in [3.63, 3.8) is 0 Å². The zero-order valence-corrected chi connectivity index (χ0v) is 17.2. The summed E-state index contributed by atoms with van der Waals surface area (Å²) in [5.74, 6) is 0.902. The maximum Gasteiger partial charge on any atom is 0.141 e. The molecule has 5 rings (SSSR count). The molecule has 0 amide bonds. The Labute approximate surface area is 177 Å². The van der Waals surface area contributed by atoms with Crippen molar-refractivity contribution in [2.24, 2.45) is 7.05 Å². The average Bonchev–Trinajstić information content (AvgIpc) is 3.30. The van der Waals surface area contributed by atoms with Gasteiger partial charge in [0.1, 0.15) is 29.4 Å². The van der Waals surface area contributed by atoms with Gasteiger partial charge in [-0.05, 0) is 31.2 Å². The molecule has 0 atom stereocenters. The number of fused-ring (bicyclic) bond motifs is 1. The Morgan fingerprint density at radius 1 is 1.19 bits per heavy atom. The maximum absolute atomic E-state index is 14.5. The number of alkyl halides is 2. The van der Waals surface area contributed by atoms with E-state index in [2.05, 4.69) is 21.1 Å². The molecule has 1 aliphatic carbocycles. The van der Waals surface area contributed by atoms with Crippen LogP contribution in [0.2, 0.25) is 0 Å². The van der Waals surface area contributed by atoms with Crippen LogP contribution in [0.3, 0.4) is 0 Å². The number of halogens is 2. The molecule has 31 heavy (non-hydrogen) atoms. The molecule has 8 heteroatoms. The minimum Gasteiger partial charge on any atom is -0.331 e. The van der Waals surface area contributed by atoms with Crippen molar-refractivity contribution in [2.45, 2.75) is 38.2 Å². The summed E-state index contributed by atoms with van der Waals surface area (Å²) < 4.78 is 31.2. The van der Waals surface area contributed by atoms with Gasteiger partial charge in [-0.25, -0.2) is 18.7 Å². The maximum atomic E-state index is 14.5. The molecule has 1 fully saturated rings. The number of hydrogen-bond acceptors (Lipinski definition) is 4. The molecule has 0 radical (unpaired) electrons. The summed E-state index contributed by atoms with van der Waals surface area (Å²) in [4.78, 5) is 9.13. The predicted octanol–water partition coefficient (Wildman–Crippen LogP) is 4.52. The van der Waals surface area contributed by atoms with Gasteiger partial charge in [-0.1, -0.05) is 6.07 Å². The van der Waals surface area contributed by atoms with Crippen LogP contribution in [0.4, 0.5) is 8.78 Å². The lowest BCUT2D eigenvalue weighted by Crippen LogP contribution is -2.44. The Hall–Kier alpha value is -3.60. The summed E-state index contributed by atoms with van der Waals surface area (Å²) in [5.41, 5.74) is 3.59. The van der Waals surface area contributed by atoms with E-state index in [1.165, 1.54) is 4.68 Å². The standard InChI is InChI=1S/C23H20F2N6/c1-14-28-20-7-15(3-6-21(20)30(14)2)22-19(5-4-18(10-26)29-22)16-11-27-31(12-16)13-23(25)8-17(24)9-23/h3-7,11-12,17H,8-9,13H2,1-2H3. The minimum absolute atomic E-state index is 0.0195. The van der Waals surface area contributed by atoms with E-state index in [-0.39, 0.29) is 19.4 Å². The zero-order valence-electron chi connectivity index (χ0n) is 17.2. The molecule has 4 aromatic rings. The molecule has 0 unspecified atom stereocenters.